The molecule has 10 heteroatoms. The molecule has 7 nitrogen and oxygen atoms in total. The zero-order valence-electron chi connectivity index (χ0n) is 19.3. The van der Waals surface area contributed by atoms with Crippen molar-refractivity contribution in [1.29, 1.82) is 0 Å². The average Bonchev–Trinajstić information content (AvgIpc) is 2.71. The molecule has 0 saturated heterocycles. The highest BCUT2D eigenvalue weighted by atomic mass is 35.5. The highest BCUT2D eigenvalue weighted by Gasteiger charge is 2.31. The molecular weight excluding hydrogens is 485 g/mol. The fourth-order valence-corrected chi connectivity index (χ4v) is 4.50. The lowest BCUT2D eigenvalue weighted by Crippen LogP contribution is -2.52. The lowest BCUT2D eigenvalue weighted by molar-refractivity contribution is -0.139. The van der Waals surface area contributed by atoms with Gasteiger partial charge in [-0.15, -0.1) is 0 Å². The summed E-state index contributed by atoms with van der Waals surface area (Å²) in [5, 5.41) is 3.58. The predicted octanol–water partition coefficient (Wildman–Crippen LogP) is 4.01. The molecule has 1 atom stereocenters. The minimum Gasteiger partial charge on any atom is -0.352 e. The van der Waals surface area contributed by atoms with Gasteiger partial charge >= 0.3 is 0 Å². The van der Waals surface area contributed by atoms with Crippen LogP contribution in [-0.4, -0.2) is 50.0 Å². The van der Waals surface area contributed by atoms with Crippen molar-refractivity contribution < 1.29 is 18.0 Å². The van der Waals surface area contributed by atoms with Gasteiger partial charge < -0.3 is 10.2 Å². The fraction of sp³-hybridized carbons (Fsp3) is 0.391. The number of hydrogen-bond acceptors (Lipinski definition) is 4. The number of carbonyl (C=O) groups excluding carboxylic acids is 2. The smallest absolute Gasteiger partial charge is 0.244 e. The minimum atomic E-state index is -3.83. The Balaban J connectivity index is 2.45. The summed E-state index contributed by atoms with van der Waals surface area (Å²) >= 11 is 12.4. The molecule has 0 spiro atoms. The Morgan fingerprint density at radius 1 is 1.06 bits per heavy atom. The van der Waals surface area contributed by atoms with Crippen molar-refractivity contribution in [3.63, 3.8) is 0 Å². The monoisotopic (exact) mass is 513 g/mol. The van der Waals surface area contributed by atoms with Crippen LogP contribution >= 0.6 is 23.2 Å². The summed E-state index contributed by atoms with van der Waals surface area (Å²) in [5.74, 6) is -0.902. The number of benzene rings is 2. The van der Waals surface area contributed by atoms with Gasteiger partial charge in [-0.05, 0) is 57.0 Å². The summed E-state index contributed by atoms with van der Waals surface area (Å²) in [6, 6.07) is 10.8. The van der Waals surface area contributed by atoms with Gasteiger partial charge in [-0.3, -0.25) is 13.9 Å². The molecule has 0 unspecified atom stereocenters. The van der Waals surface area contributed by atoms with E-state index in [-0.39, 0.29) is 18.5 Å². The first-order valence-corrected chi connectivity index (χ1v) is 13.0. The van der Waals surface area contributed by atoms with E-state index in [4.69, 9.17) is 23.2 Å². The van der Waals surface area contributed by atoms with Crippen molar-refractivity contribution in [2.45, 2.75) is 46.3 Å². The number of anilines is 1. The van der Waals surface area contributed by atoms with E-state index < -0.39 is 28.5 Å². The first-order chi connectivity index (χ1) is 15.3. The maximum Gasteiger partial charge on any atom is 0.244 e. The van der Waals surface area contributed by atoms with Gasteiger partial charge in [0.2, 0.25) is 21.8 Å². The van der Waals surface area contributed by atoms with Crippen LogP contribution in [0.5, 0.6) is 0 Å². The van der Waals surface area contributed by atoms with Crippen LogP contribution in [0.15, 0.2) is 42.5 Å². The lowest BCUT2D eigenvalue weighted by Gasteiger charge is -2.32. The Labute approximate surface area is 205 Å². The summed E-state index contributed by atoms with van der Waals surface area (Å²) in [5.41, 5.74) is 1.58. The van der Waals surface area contributed by atoms with E-state index in [0.717, 1.165) is 10.6 Å². The van der Waals surface area contributed by atoms with E-state index >= 15 is 0 Å². The predicted molar refractivity (Wildman–Crippen MR) is 133 cm³/mol. The molecule has 2 amide bonds. The highest BCUT2D eigenvalue weighted by molar-refractivity contribution is 7.92. The van der Waals surface area contributed by atoms with Gasteiger partial charge in [-0.1, -0.05) is 47.5 Å². The van der Waals surface area contributed by atoms with Crippen molar-refractivity contribution >= 4 is 50.7 Å². The molecule has 180 valence electrons. The zero-order chi connectivity index (χ0) is 24.9. The summed E-state index contributed by atoms with van der Waals surface area (Å²) in [6.45, 7) is 6.51. The fourth-order valence-electron chi connectivity index (χ4n) is 3.24. The number of aryl methyl sites for hydroxylation is 1. The first-order valence-electron chi connectivity index (χ1n) is 10.4. The number of hydrogen-bond donors (Lipinski definition) is 1. The van der Waals surface area contributed by atoms with E-state index in [1.807, 2.05) is 13.8 Å². The van der Waals surface area contributed by atoms with Crippen molar-refractivity contribution in [2.24, 2.45) is 0 Å². The number of nitrogens with one attached hydrogen (secondary N) is 1. The molecule has 0 aliphatic rings. The SMILES string of the molecule is Cc1ccc(Cl)cc1N(CC(=O)N(Cc1ccccc1Cl)[C@@H](C)C(=O)NC(C)C)S(C)(=O)=O. The number of sulfonamides is 1. The molecule has 2 rings (SSSR count). The maximum absolute atomic E-state index is 13.5. The third-order valence-corrected chi connectivity index (χ3v) is 6.75. The zero-order valence-corrected chi connectivity index (χ0v) is 21.6. The molecule has 2 aromatic rings. The van der Waals surface area contributed by atoms with Crippen LogP contribution in [0.3, 0.4) is 0 Å². The Morgan fingerprint density at radius 2 is 1.70 bits per heavy atom. The molecule has 0 aromatic heterocycles. The van der Waals surface area contributed by atoms with Gasteiger partial charge in [0.05, 0.1) is 11.9 Å². The lowest BCUT2D eigenvalue weighted by atomic mass is 10.1. The molecule has 0 saturated carbocycles. The summed E-state index contributed by atoms with van der Waals surface area (Å²) < 4.78 is 26.3. The largest absolute Gasteiger partial charge is 0.352 e. The number of amides is 2. The van der Waals surface area contributed by atoms with Gasteiger partial charge in [0.15, 0.2) is 0 Å². The van der Waals surface area contributed by atoms with E-state index in [1.165, 1.54) is 11.0 Å². The van der Waals surface area contributed by atoms with E-state index in [1.54, 1.807) is 50.2 Å². The Bertz CT molecular complexity index is 1120. The molecule has 0 bridgehead atoms. The van der Waals surface area contributed by atoms with E-state index in [2.05, 4.69) is 5.32 Å². The van der Waals surface area contributed by atoms with Crippen LogP contribution in [0.1, 0.15) is 31.9 Å². The van der Waals surface area contributed by atoms with Gasteiger partial charge in [-0.25, -0.2) is 8.42 Å². The molecule has 0 fully saturated rings. The van der Waals surface area contributed by atoms with Crippen molar-refractivity contribution in [3.05, 3.63) is 63.6 Å². The van der Waals surface area contributed by atoms with Crippen LogP contribution in [-0.2, 0) is 26.2 Å². The highest BCUT2D eigenvalue weighted by Crippen LogP contribution is 2.27. The topological polar surface area (TPSA) is 86.8 Å². The van der Waals surface area contributed by atoms with Gasteiger partial charge in [-0.2, -0.15) is 0 Å². The molecule has 0 aliphatic heterocycles. The van der Waals surface area contributed by atoms with Crippen LogP contribution in [0.4, 0.5) is 5.69 Å². The molecule has 0 aliphatic carbocycles. The Morgan fingerprint density at radius 3 is 2.27 bits per heavy atom. The van der Waals surface area contributed by atoms with Crippen LogP contribution in [0.2, 0.25) is 10.0 Å². The summed E-state index contributed by atoms with van der Waals surface area (Å²) in [7, 11) is -3.83. The van der Waals surface area contributed by atoms with Crippen LogP contribution < -0.4 is 9.62 Å². The molecule has 0 radical (unpaired) electrons. The number of halogens is 2. The van der Waals surface area contributed by atoms with Crippen molar-refractivity contribution in [1.82, 2.24) is 10.2 Å². The molecule has 1 N–H and O–H groups in total. The van der Waals surface area contributed by atoms with E-state index in [0.29, 0.717) is 26.9 Å². The Hall–Kier alpha value is -2.29. The van der Waals surface area contributed by atoms with Crippen LogP contribution in [0.25, 0.3) is 0 Å². The average molecular weight is 514 g/mol. The molecule has 2 aromatic carbocycles. The van der Waals surface area contributed by atoms with Crippen molar-refractivity contribution in [2.75, 3.05) is 17.1 Å². The second-order valence-electron chi connectivity index (χ2n) is 8.15. The Kier molecular flexibility index (Phi) is 9.17. The van der Waals surface area contributed by atoms with E-state index in [9.17, 15) is 18.0 Å². The first kappa shape index (κ1) is 27.0. The third kappa shape index (κ3) is 7.35. The second-order valence-corrected chi connectivity index (χ2v) is 10.9. The molecule has 0 heterocycles. The van der Waals surface area contributed by atoms with Crippen LogP contribution in [0, 0.1) is 6.92 Å². The minimum absolute atomic E-state index is 0.0390. The maximum atomic E-state index is 13.5. The number of carbonyl (C=O) groups is 2. The molecular formula is C23H29Cl2N3O4S. The van der Waals surface area contributed by atoms with Gasteiger partial charge in [0.25, 0.3) is 0 Å². The summed E-state index contributed by atoms with van der Waals surface area (Å²) in [6.07, 6.45) is 1.02. The van der Waals surface area contributed by atoms with Gasteiger partial charge in [0.1, 0.15) is 12.6 Å². The third-order valence-electron chi connectivity index (χ3n) is 5.02. The van der Waals surface area contributed by atoms with Gasteiger partial charge in [0, 0.05) is 22.6 Å². The quantitative estimate of drug-likeness (QED) is 0.548. The molecule has 33 heavy (non-hydrogen) atoms. The second kappa shape index (κ2) is 11.2. The summed E-state index contributed by atoms with van der Waals surface area (Å²) in [4.78, 5) is 27.5. The normalized spacial score (nSPS) is 12.4. The standard InChI is InChI=1S/C23H29Cl2N3O4S/c1-15(2)26-23(30)17(4)27(13-18-8-6-7-9-20(18)25)22(29)14-28(33(5,31)32)21-12-19(24)11-10-16(21)3/h6-12,15,17H,13-14H2,1-5H3,(H,26,30)/t17-/m0/s1. The number of nitrogens with zero attached hydrogens (tertiary/aromatic N) is 2. The number of rotatable bonds is 9. The van der Waals surface area contributed by atoms with Crippen molar-refractivity contribution in [3.8, 4) is 0 Å².